The Balaban J connectivity index is 1.64. The molecule has 7 heteroatoms. The highest BCUT2D eigenvalue weighted by Gasteiger charge is 2.19. The van der Waals surface area contributed by atoms with E-state index in [4.69, 9.17) is 19.3 Å². The Morgan fingerprint density at radius 3 is 2.31 bits per heavy atom. The number of hydrogen-bond donors (Lipinski definition) is 1. The number of hydrogen-bond acceptors (Lipinski definition) is 6. The number of esters is 1. The van der Waals surface area contributed by atoms with Crippen LogP contribution in [0.5, 0.6) is 11.5 Å². The standard InChI is InChI=1S/C28H31NO6/c1-29(2)18-25(35-28(32)23-15-13-22(14-16-23)27(30)31)19-34-26-10-5-4-8-21(26)12-11-20-7-6-9-24(17-20)33-3/h4-10,13-17,25H,11-12,18-19H2,1-3H3,(H,30,31)/t25-/m0/s1. The van der Waals surface area contributed by atoms with E-state index in [0.717, 1.165) is 29.9 Å². The number of carbonyl (C=O) groups is 2. The van der Waals surface area contributed by atoms with Crippen molar-refractivity contribution in [3.63, 3.8) is 0 Å². The molecule has 0 unspecified atom stereocenters. The first-order chi connectivity index (χ1) is 16.9. The molecule has 0 aliphatic rings. The van der Waals surface area contributed by atoms with E-state index < -0.39 is 18.0 Å². The molecule has 0 saturated heterocycles. The molecule has 35 heavy (non-hydrogen) atoms. The number of carbonyl (C=O) groups excluding carboxylic acids is 1. The molecule has 184 valence electrons. The molecular weight excluding hydrogens is 446 g/mol. The lowest BCUT2D eigenvalue weighted by Gasteiger charge is -2.22. The lowest BCUT2D eigenvalue weighted by molar-refractivity contribution is 0.0102. The van der Waals surface area contributed by atoms with Crippen molar-refractivity contribution in [2.24, 2.45) is 0 Å². The molecule has 7 nitrogen and oxygen atoms in total. The van der Waals surface area contributed by atoms with Crippen LogP contribution in [0.1, 0.15) is 31.8 Å². The maximum Gasteiger partial charge on any atom is 0.338 e. The summed E-state index contributed by atoms with van der Waals surface area (Å²) in [5.41, 5.74) is 2.64. The molecular formula is C28H31NO6. The molecule has 1 N–H and O–H groups in total. The average Bonchev–Trinajstić information content (AvgIpc) is 2.86. The second-order valence-corrected chi connectivity index (χ2v) is 8.44. The van der Waals surface area contributed by atoms with Crippen LogP contribution in [0.4, 0.5) is 0 Å². The number of para-hydroxylation sites is 1. The molecule has 0 saturated carbocycles. The number of likely N-dealkylation sites (N-methyl/N-ethyl adjacent to an activating group) is 1. The topological polar surface area (TPSA) is 85.3 Å². The predicted molar refractivity (Wildman–Crippen MR) is 133 cm³/mol. The SMILES string of the molecule is COc1cccc(CCc2ccccc2OC[C@H](CN(C)C)OC(=O)c2ccc(C(=O)O)cc2)c1. The smallest absolute Gasteiger partial charge is 0.338 e. The lowest BCUT2D eigenvalue weighted by Crippen LogP contribution is -2.35. The van der Waals surface area contributed by atoms with E-state index in [9.17, 15) is 9.59 Å². The number of rotatable bonds is 12. The third kappa shape index (κ3) is 7.86. The van der Waals surface area contributed by atoms with Gasteiger partial charge in [-0.1, -0.05) is 30.3 Å². The molecule has 1 atom stereocenters. The maximum atomic E-state index is 12.7. The highest BCUT2D eigenvalue weighted by molar-refractivity contribution is 5.92. The van der Waals surface area contributed by atoms with Gasteiger partial charge in [-0.25, -0.2) is 9.59 Å². The third-order valence-corrected chi connectivity index (χ3v) is 5.42. The molecule has 0 fully saturated rings. The van der Waals surface area contributed by atoms with Crippen LogP contribution in [0, 0.1) is 0 Å². The fourth-order valence-electron chi connectivity index (χ4n) is 3.64. The summed E-state index contributed by atoms with van der Waals surface area (Å²) in [5, 5.41) is 9.04. The van der Waals surface area contributed by atoms with Crippen molar-refractivity contribution in [3.8, 4) is 11.5 Å². The van der Waals surface area contributed by atoms with Crippen molar-refractivity contribution >= 4 is 11.9 Å². The first kappa shape index (κ1) is 25.8. The highest BCUT2D eigenvalue weighted by atomic mass is 16.6. The number of nitrogens with zero attached hydrogens (tertiary/aromatic N) is 1. The van der Waals surface area contributed by atoms with E-state index in [0.29, 0.717) is 6.54 Å². The van der Waals surface area contributed by atoms with Gasteiger partial charge in [0.1, 0.15) is 24.2 Å². The number of aryl methyl sites for hydroxylation is 2. The Morgan fingerprint density at radius 1 is 0.914 bits per heavy atom. The van der Waals surface area contributed by atoms with Crippen LogP contribution < -0.4 is 9.47 Å². The zero-order chi connectivity index (χ0) is 25.2. The Morgan fingerprint density at radius 2 is 1.63 bits per heavy atom. The quantitative estimate of drug-likeness (QED) is 0.388. The minimum Gasteiger partial charge on any atom is -0.497 e. The Kier molecular flexibility index (Phi) is 9.26. The van der Waals surface area contributed by atoms with Crippen molar-refractivity contribution in [2.75, 3.05) is 34.4 Å². The first-order valence-electron chi connectivity index (χ1n) is 11.4. The van der Waals surface area contributed by atoms with Crippen LogP contribution in [0.3, 0.4) is 0 Å². The largest absolute Gasteiger partial charge is 0.497 e. The molecule has 0 heterocycles. The number of carboxylic acid groups (broad SMARTS) is 1. The number of methoxy groups -OCH3 is 1. The van der Waals surface area contributed by atoms with Crippen molar-refractivity contribution < 1.29 is 28.9 Å². The van der Waals surface area contributed by atoms with Gasteiger partial charge in [-0.2, -0.15) is 0 Å². The van der Waals surface area contributed by atoms with Gasteiger partial charge >= 0.3 is 11.9 Å². The van der Waals surface area contributed by atoms with E-state index >= 15 is 0 Å². The Bertz CT molecular complexity index is 1130. The number of carboxylic acids is 1. The second kappa shape index (κ2) is 12.6. The molecule has 0 aromatic heterocycles. The van der Waals surface area contributed by atoms with Crippen molar-refractivity contribution in [1.29, 1.82) is 0 Å². The van der Waals surface area contributed by atoms with Gasteiger partial charge in [-0.15, -0.1) is 0 Å². The molecule has 0 bridgehead atoms. The van der Waals surface area contributed by atoms with Gasteiger partial charge in [-0.3, -0.25) is 0 Å². The summed E-state index contributed by atoms with van der Waals surface area (Å²) >= 11 is 0. The first-order valence-corrected chi connectivity index (χ1v) is 11.4. The summed E-state index contributed by atoms with van der Waals surface area (Å²) in [5.74, 6) is 0.0107. The number of aromatic carboxylic acids is 1. The third-order valence-electron chi connectivity index (χ3n) is 5.42. The fourth-order valence-corrected chi connectivity index (χ4v) is 3.64. The molecule has 3 rings (SSSR count). The van der Waals surface area contributed by atoms with Gasteiger partial charge in [0.05, 0.1) is 18.2 Å². The molecule has 0 spiro atoms. The molecule has 3 aromatic carbocycles. The van der Waals surface area contributed by atoms with Crippen LogP contribution in [0.25, 0.3) is 0 Å². The van der Waals surface area contributed by atoms with Crippen molar-refractivity contribution in [2.45, 2.75) is 18.9 Å². The second-order valence-electron chi connectivity index (χ2n) is 8.44. The van der Waals surface area contributed by atoms with Crippen molar-refractivity contribution in [1.82, 2.24) is 4.90 Å². The summed E-state index contributed by atoms with van der Waals surface area (Å²) in [4.78, 5) is 25.6. The van der Waals surface area contributed by atoms with Crippen LogP contribution in [0.15, 0.2) is 72.8 Å². The summed E-state index contributed by atoms with van der Waals surface area (Å²) in [6, 6.07) is 21.5. The summed E-state index contributed by atoms with van der Waals surface area (Å²) in [6.45, 7) is 0.665. The maximum absolute atomic E-state index is 12.7. The highest BCUT2D eigenvalue weighted by Crippen LogP contribution is 2.22. The van der Waals surface area contributed by atoms with Crippen LogP contribution in [0.2, 0.25) is 0 Å². The number of ether oxygens (including phenoxy) is 3. The van der Waals surface area contributed by atoms with Crippen molar-refractivity contribution in [3.05, 3.63) is 95.1 Å². The van der Waals surface area contributed by atoms with E-state index in [2.05, 4.69) is 6.07 Å². The minimum atomic E-state index is -1.05. The average molecular weight is 478 g/mol. The summed E-state index contributed by atoms with van der Waals surface area (Å²) in [6.07, 6.45) is 1.11. The van der Waals surface area contributed by atoms with Gasteiger partial charge in [0, 0.05) is 6.54 Å². The Hall–Kier alpha value is -3.84. The van der Waals surface area contributed by atoms with Crippen LogP contribution in [-0.2, 0) is 17.6 Å². The number of benzene rings is 3. The van der Waals surface area contributed by atoms with Gasteiger partial charge < -0.3 is 24.2 Å². The summed E-state index contributed by atoms with van der Waals surface area (Å²) in [7, 11) is 5.44. The monoisotopic (exact) mass is 477 g/mol. The minimum absolute atomic E-state index is 0.111. The molecule has 0 radical (unpaired) electrons. The zero-order valence-corrected chi connectivity index (χ0v) is 20.3. The van der Waals surface area contributed by atoms with E-state index in [1.807, 2.05) is 61.5 Å². The fraction of sp³-hybridized carbons (Fsp3) is 0.286. The van der Waals surface area contributed by atoms with Gasteiger partial charge in [0.25, 0.3) is 0 Å². The molecule has 3 aromatic rings. The Labute approximate surface area is 205 Å². The molecule has 0 aliphatic carbocycles. The van der Waals surface area contributed by atoms with Gasteiger partial charge in [0.15, 0.2) is 0 Å². The predicted octanol–water partition coefficient (Wildman–Crippen LogP) is 4.34. The lowest BCUT2D eigenvalue weighted by atomic mass is 10.0. The summed E-state index contributed by atoms with van der Waals surface area (Å²) < 4.78 is 17.1. The molecule has 0 aliphatic heterocycles. The van der Waals surface area contributed by atoms with Gasteiger partial charge in [-0.05, 0) is 80.5 Å². The van der Waals surface area contributed by atoms with E-state index in [1.54, 1.807) is 7.11 Å². The van der Waals surface area contributed by atoms with Crippen LogP contribution in [-0.4, -0.2) is 62.4 Å². The molecule has 0 amide bonds. The van der Waals surface area contributed by atoms with Gasteiger partial charge in [0.2, 0.25) is 0 Å². The zero-order valence-electron chi connectivity index (χ0n) is 20.3. The van der Waals surface area contributed by atoms with E-state index in [1.165, 1.54) is 29.8 Å². The van der Waals surface area contributed by atoms with Crippen LogP contribution >= 0.6 is 0 Å². The normalized spacial score (nSPS) is 11.7. The van der Waals surface area contributed by atoms with E-state index in [-0.39, 0.29) is 17.7 Å².